The highest BCUT2D eigenvalue weighted by Gasteiger charge is 1.92. The molecule has 10 heavy (non-hydrogen) atoms. The Kier molecular flexibility index (Phi) is 2.83. The van der Waals surface area contributed by atoms with Crippen LogP contribution in [0.2, 0.25) is 0 Å². The van der Waals surface area contributed by atoms with Crippen LogP contribution in [0, 0.1) is 11.8 Å². The van der Waals surface area contributed by atoms with Gasteiger partial charge in [-0.25, -0.2) is 0 Å². The van der Waals surface area contributed by atoms with Gasteiger partial charge in [0.2, 0.25) is 0 Å². The number of rotatable bonds is 0. The van der Waals surface area contributed by atoms with E-state index in [-0.39, 0.29) is 0 Å². The molecule has 0 N–H and O–H groups in total. The van der Waals surface area contributed by atoms with Gasteiger partial charge in [0.05, 0.1) is 0 Å². The zero-order chi connectivity index (χ0) is 7.23. The Morgan fingerprint density at radius 2 is 2.50 bits per heavy atom. The van der Waals surface area contributed by atoms with Crippen LogP contribution in [0.15, 0.2) is 23.8 Å². The lowest BCUT2D eigenvalue weighted by molar-refractivity contribution is 0.999. The van der Waals surface area contributed by atoms with Crippen LogP contribution in [0.25, 0.3) is 0 Å². The number of hydrogen-bond acceptors (Lipinski definition) is 0. The van der Waals surface area contributed by atoms with Gasteiger partial charge in [-0.15, -0.1) is 0 Å². The second kappa shape index (κ2) is 3.95. The molecule has 0 radical (unpaired) electrons. The molecule has 0 aromatic rings. The van der Waals surface area contributed by atoms with Crippen LogP contribution in [0.4, 0.5) is 0 Å². The zero-order valence-corrected chi connectivity index (χ0v) is 6.35. The van der Waals surface area contributed by atoms with Crippen molar-refractivity contribution in [2.75, 3.05) is 0 Å². The molecule has 0 saturated carbocycles. The van der Waals surface area contributed by atoms with Crippen LogP contribution < -0.4 is 0 Å². The van der Waals surface area contributed by atoms with E-state index >= 15 is 0 Å². The summed E-state index contributed by atoms with van der Waals surface area (Å²) in [6.45, 7) is 2.08. The topological polar surface area (TPSA) is 0 Å². The molecule has 0 nitrogen and oxygen atoms in total. The molecule has 0 aliphatic heterocycles. The van der Waals surface area contributed by atoms with Crippen LogP contribution in [-0.4, -0.2) is 0 Å². The minimum absolute atomic E-state index is 0.959. The molecule has 0 heterocycles. The average Bonchev–Trinajstić information content (AvgIpc) is 2.03. The van der Waals surface area contributed by atoms with Gasteiger partial charge in [0, 0.05) is 12.0 Å². The molecular formula is C10H12. The third-order valence-electron chi connectivity index (χ3n) is 1.44. The Morgan fingerprint density at radius 1 is 1.60 bits per heavy atom. The van der Waals surface area contributed by atoms with Crippen LogP contribution in [0.5, 0.6) is 0 Å². The fourth-order valence-corrected chi connectivity index (χ4v) is 0.909. The minimum Gasteiger partial charge on any atom is -0.0985 e. The molecule has 0 atom stereocenters. The number of allylic oxidation sites excluding steroid dienone is 4. The van der Waals surface area contributed by atoms with Crippen LogP contribution in [-0.2, 0) is 0 Å². The molecule has 0 amide bonds. The van der Waals surface area contributed by atoms with E-state index in [1.165, 1.54) is 5.57 Å². The molecule has 0 fully saturated rings. The van der Waals surface area contributed by atoms with Gasteiger partial charge in [0.15, 0.2) is 0 Å². The Bertz CT molecular complexity index is 208. The lowest BCUT2D eigenvalue weighted by atomic mass is 10.1. The molecule has 1 aliphatic carbocycles. The Balaban J connectivity index is 2.55. The van der Waals surface area contributed by atoms with Crippen molar-refractivity contribution in [3.8, 4) is 11.8 Å². The first-order valence-corrected chi connectivity index (χ1v) is 3.78. The van der Waals surface area contributed by atoms with E-state index in [0.717, 1.165) is 19.3 Å². The Morgan fingerprint density at radius 3 is 3.10 bits per heavy atom. The highest BCUT2D eigenvalue weighted by Crippen LogP contribution is 2.09. The largest absolute Gasteiger partial charge is 0.0985 e. The van der Waals surface area contributed by atoms with Gasteiger partial charge < -0.3 is 0 Å². The van der Waals surface area contributed by atoms with Gasteiger partial charge >= 0.3 is 0 Å². The molecule has 0 spiro atoms. The van der Waals surface area contributed by atoms with Gasteiger partial charge in [0.25, 0.3) is 0 Å². The minimum atomic E-state index is 0.959. The second-order valence-electron chi connectivity index (χ2n) is 2.31. The quantitative estimate of drug-likeness (QED) is 0.444. The van der Waals surface area contributed by atoms with Crippen molar-refractivity contribution in [3.05, 3.63) is 23.8 Å². The first-order chi connectivity index (χ1) is 4.93. The fraction of sp³-hybridized carbons (Fsp3) is 0.400. The summed E-state index contributed by atoms with van der Waals surface area (Å²) < 4.78 is 0. The predicted octanol–water partition coefficient (Wildman–Crippen LogP) is 2.68. The van der Waals surface area contributed by atoms with Gasteiger partial charge in [-0.05, 0) is 12.8 Å². The monoisotopic (exact) mass is 132 g/mol. The van der Waals surface area contributed by atoms with Crippen LogP contribution >= 0.6 is 0 Å². The SMILES string of the molecule is CCC#CC1=CC=CCC1. The summed E-state index contributed by atoms with van der Waals surface area (Å²) in [5, 5.41) is 0. The predicted molar refractivity (Wildman–Crippen MR) is 44.5 cm³/mol. The first-order valence-electron chi connectivity index (χ1n) is 3.78. The normalized spacial score (nSPS) is 15.5. The lowest BCUT2D eigenvalue weighted by Gasteiger charge is -1.98. The van der Waals surface area contributed by atoms with Crippen LogP contribution in [0.3, 0.4) is 0 Å². The van der Waals surface area contributed by atoms with Gasteiger partial charge in [-0.3, -0.25) is 0 Å². The highest BCUT2D eigenvalue weighted by atomic mass is 14.0. The van der Waals surface area contributed by atoms with Crippen molar-refractivity contribution < 1.29 is 0 Å². The van der Waals surface area contributed by atoms with E-state index in [9.17, 15) is 0 Å². The van der Waals surface area contributed by atoms with E-state index in [0.29, 0.717) is 0 Å². The lowest BCUT2D eigenvalue weighted by Crippen LogP contribution is -1.82. The summed E-state index contributed by atoms with van der Waals surface area (Å²) in [5.41, 5.74) is 1.28. The third kappa shape index (κ3) is 2.11. The Hall–Kier alpha value is -0.960. The summed E-state index contributed by atoms with van der Waals surface area (Å²) >= 11 is 0. The maximum atomic E-state index is 3.13. The molecule has 1 rings (SSSR count). The van der Waals surface area contributed by atoms with Crippen molar-refractivity contribution in [3.63, 3.8) is 0 Å². The number of hydrogen-bond donors (Lipinski definition) is 0. The van der Waals surface area contributed by atoms with Crippen molar-refractivity contribution >= 4 is 0 Å². The molecule has 0 saturated heterocycles. The van der Waals surface area contributed by atoms with Crippen molar-refractivity contribution in [2.45, 2.75) is 26.2 Å². The van der Waals surface area contributed by atoms with E-state index in [1.807, 2.05) is 0 Å². The molecular weight excluding hydrogens is 120 g/mol. The molecule has 1 aliphatic rings. The zero-order valence-electron chi connectivity index (χ0n) is 6.35. The molecule has 0 aromatic heterocycles. The summed E-state index contributed by atoms with van der Waals surface area (Å²) in [7, 11) is 0. The third-order valence-corrected chi connectivity index (χ3v) is 1.44. The highest BCUT2D eigenvalue weighted by molar-refractivity contribution is 5.34. The van der Waals surface area contributed by atoms with E-state index in [4.69, 9.17) is 0 Å². The van der Waals surface area contributed by atoms with Crippen LogP contribution in [0.1, 0.15) is 26.2 Å². The summed E-state index contributed by atoms with van der Waals surface area (Å²) in [6, 6.07) is 0. The van der Waals surface area contributed by atoms with Gasteiger partial charge in [0.1, 0.15) is 0 Å². The first kappa shape index (κ1) is 7.15. The standard InChI is InChI=1S/C10H12/c1-2-3-7-10-8-5-4-6-9-10/h4-5,8H,2,6,9H2,1H3. The van der Waals surface area contributed by atoms with E-state index in [2.05, 4.69) is 37.0 Å². The van der Waals surface area contributed by atoms with Crippen molar-refractivity contribution in [1.29, 1.82) is 0 Å². The van der Waals surface area contributed by atoms with E-state index < -0.39 is 0 Å². The van der Waals surface area contributed by atoms with Crippen molar-refractivity contribution in [1.82, 2.24) is 0 Å². The molecule has 0 heteroatoms. The summed E-state index contributed by atoms with van der Waals surface area (Å²) in [5.74, 6) is 6.20. The molecule has 0 bridgehead atoms. The molecule has 0 aromatic carbocycles. The van der Waals surface area contributed by atoms with Gasteiger partial charge in [-0.2, -0.15) is 0 Å². The summed E-state index contributed by atoms with van der Waals surface area (Å²) in [4.78, 5) is 0. The van der Waals surface area contributed by atoms with Gasteiger partial charge in [-0.1, -0.05) is 37.0 Å². The van der Waals surface area contributed by atoms with E-state index in [1.54, 1.807) is 0 Å². The fourth-order valence-electron chi connectivity index (χ4n) is 0.909. The maximum Gasteiger partial charge on any atom is 0.00639 e. The maximum absolute atomic E-state index is 3.13. The average molecular weight is 132 g/mol. The second-order valence-corrected chi connectivity index (χ2v) is 2.31. The Labute approximate surface area is 62.6 Å². The molecule has 52 valence electrons. The molecule has 0 unspecified atom stereocenters. The summed E-state index contributed by atoms with van der Waals surface area (Å²) in [6.07, 6.45) is 9.61. The smallest absolute Gasteiger partial charge is 0.00639 e. The van der Waals surface area contributed by atoms with Crippen molar-refractivity contribution in [2.24, 2.45) is 0 Å².